The number of aldehydes is 1. The average Bonchev–Trinajstić information content (AvgIpc) is 3.76. The molecule has 0 bridgehead atoms. The van der Waals surface area contributed by atoms with Crippen LogP contribution in [0.4, 0.5) is 0 Å². The van der Waals surface area contributed by atoms with Gasteiger partial charge in [0, 0.05) is 0 Å². The Kier molecular flexibility index (Phi) is 10.7. The molecule has 1 atom stereocenters. The fourth-order valence-corrected chi connectivity index (χ4v) is 12.0. The van der Waals surface area contributed by atoms with Crippen LogP contribution in [0.3, 0.4) is 0 Å². The molecular formula is C53H38AsN5O. The third-order valence-electron chi connectivity index (χ3n) is 11.1. The topological polar surface area (TPSA) is 84.5 Å². The molecule has 7 heteroatoms. The van der Waals surface area contributed by atoms with E-state index >= 15 is 0 Å². The summed E-state index contributed by atoms with van der Waals surface area (Å²) in [6, 6.07) is 74.9. The molecule has 7 aromatic carbocycles. The summed E-state index contributed by atoms with van der Waals surface area (Å²) in [6.07, 6.45) is 2.36. The zero-order chi connectivity index (χ0) is 40.8. The van der Waals surface area contributed by atoms with Gasteiger partial charge in [-0.2, -0.15) is 0 Å². The molecule has 2 heterocycles. The number of carbonyl (C=O) groups is 1. The third kappa shape index (κ3) is 6.75. The number of benzene rings is 7. The van der Waals surface area contributed by atoms with Crippen LogP contribution in [0.1, 0.15) is 50.1 Å². The van der Waals surface area contributed by atoms with E-state index in [0.29, 0.717) is 27.9 Å². The SMILES string of the molecule is N#Cc1cccc(C(=CC=O)c2cc([AsH]C(c3ccccc3)(c3ccccc3)c3ccccc3)nc3c2nnn3C(c2ccccc2)(c2ccccc2)c2ccccc2)c1. The minimum absolute atomic E-state index is 0.486. The van der Waals surface area contributed by atoms with Gasteiger partial charge in [0.05, 0.1) is 0 Å². The van der Waals surface area contributed by atoms with E-state index in [4.69, 9.17) is 15.3 Å². The normalized spacial score (nSPS) is 12.1. The first-order valence-electron chi connectivity index (χ1n) is 19.7. The standard InChI is InChI=1S/C53H38AsN5O/c55-38-39-20-19-21-40(36-39)47(34-35-60)48-37-49(54-52(41-22-7-1-8-23-41,42-24-9-2-10-25-42)43-26-11-3-12-27-43)56-51-50(48)57-58-59(51)53(44-28-13-4-14-29-44,45-30-15-5-16-31-45)46-32-17-6-18-33-46/h1-37,54H. The number of hydrogen-bond acceptors (Lipinski definition) is 5. The second-order valence-electron chi connectivity index (χ2n) is 14.4. The maximum absolute atomic E-state index is 12.7. The van der Waals surface area contributed by atoms with Gasteiger partial charge in [-0.1, -0.05) is 0 Å². The molecule has 60 heavy (non-hydrogen) atoms. The molecule has 0 aliphatic heterocycles. The number of aromatic nitrogens is 4. The Bertz CT molecular complexity index is 2770. The molecule has 1 unspecified atom stereocenters. The molecule has 9 aromatic rings. The first-order chi connectivity index (χ1) is 29.7. The number of nitrogens with zero attached hydrogens (tertiary/aromatic N) is 5. The first kappa shape index (κ1) is 38.1. The van der Waals surface area contributed by atoms with Gasteiger partial charge in [-0.3, -0.25) is 0 Å². The summed E-state index contributed by atoms with van der Waals surface area (Å²) in [7, 11) is 0. The Hall–Kier alpha value is -7.45. The van der Waals surface area contributed by atoms with Crippen LogP contribution in [0.5, 0.6) is 0 Å². The molecular weight excluding hydrogens is 798 g/mol. The second kappa shape index (κ2) is 16.8. The number of nitriles is 1. The van der Waals surface area contributed by atoms with Crippen molar-refractivity contribution in [1.29, 1.82) is 5.26 Å². The summed E-state index contributed by atoms with van der Waals surface area (Å²) < 4.78 is 2.29. The molecule has 6 nitrogen and oxygen atoms in total. The predicted molar refractivity (Wildman–Crippen MR) is 240 cm³/mol. The Morgan fingerprint density at radius 3 is 1.45 bits per heavy atom. The van der Waals surface area contributed by atoms with Crippen molar-refractivity contribution in [3.05, 3.63) is 268 Å². The molecule has 0 spiro atoms. The van der Waals surface area contributed by atoms with Crippen molar-refractivity contribution in [3.8, 4) is 6.07 Å². The Balaban J connectivity index is 1.42. The van der Waals surface area contributed by atoms with Gasteiger partial charge in [0.1, 0.15) is 0 Å². The molecule has 0 aliphatic rings. The first-order valence-corrected chi connectivity index (χ1v) is 21.8. The molecule has 0 amide bonds. The van der Waals surface area contributed by atoms with E-state index < -0.39 is 25.5 Å². The third-order valence-corrected chi connectivity index (χ3v) is 14.7. The Labute approximate surface area is 355 Å². The number of rotatable bonds is 12. The van der Waals surface area contributed by atoms with E-state index in [9.17, 15) is 10.1 Å². The number of hydrogen-bond donors (Lipinski definition) is 0. The van der Waals surface area contributed by atoms with Gasteiger partial charge in [-0.25, -0.2) is 0 Å². The van der Waals surface area contributed by atoms with Crippen molar-refractivity contribution in [2.45, 2.75) is 9.74 Å². The molecule has 9 rings (SSSR count). The van der Waals surface area contributed by atoms with Gasteiger partial charge in [0.15, 0.2) is 0 Å². The van der Waals surface area contributed by atoms with Gasteiger partial charge in [0.25, 0.3) is 0 Å². The average molecular weight is 836 g/mol. The van der Waals surface area contributed by atoms with Crippen molar-refractivity contribution >= 4 is 43.3 Å². The molecule has 0 saturated heterocycles. The molecule has 0 fully saturated rings. The molecule has 0 N–H and O–H groups in total. The fraction of sp³-hybridized carbons (Fsp3) is 0.0377. The summed E-state index contributed by atoms with van der Waals surface area (Å²) in [5.41, 5.74) is 9.07. The van der Waals surface area contributed by atoms with E-state index in [1.807, 2.05) is 77.5 Å². The quantitative estimate of drug-likeness (QED) is 0.0531. The second-order valence-corrected chi connectivity index (χ2v) is 17.6. The van der Waals surface area contributed by atoms with Gasteiger partial charge in [-0.15, -0.1) is 0 Å². The van der Waals surface area contributed by atoms with Crippen molar-refractivity contribution in [2.75, 3.05) is 0 Å². The summed E-state index contributed by atoms with van der Waals surface area (Å²) in [5, 5.41) is 20.0. The monoisotopic (exact) mass is 835 g/mol. The van der Waals surface area contributed by atoms with Gasteiger partial charge in [-0.05, 0) is 0 Å². The van der Waals surface area contributed by atoms with Crippen LogP contribution in [0, 0.1) is 11.3 Å². The molecule has 0 aliphatic carbocycles. The summed E-state index contributed by atoms with van der Waals surface area (Å²) in [6.45, 7) is 0. The molecule has 0 radical (unpaired) electrons. The van der Waals surface area contributed by atoms with Gasteiger partial charge < -0.3 is 0 Å². The zero-order valence-electron chi connectivity index (χ0n) is 32.5. The van der Waals surface area contributed by atoms with Crippen molar-refractivity contribution in [2.24, 2.45) is 0 Å². The maximum atomic E-state index is 12.7. The van der Waals surface area contributed by atoms with Crippen LogP contribution < -0.4 is 4.48 Å². The van der Waals surface area contributed by atoms with E-state index in [2.05, 4.69) is 140 Å². The van der Waals surface area contributed by atoms with Crippen LogP contribution in [-0.2, 0) is 14.5 Å². The van der Waals surface area contributed by atoms with Crippen LogP contribution in [0.2, 0.25) is 0 Å². The predicted octanol–water partition coefficient (Wildman–Crippen LogP) is 9.22. The molecule has 0 saturated carbocycles. The van der Waals surface area contributed by atoms with Gasteiger partial charge >= 0.3 is 358 Å². The number of pyridine rings is 1. The van der Waals surface area contributed by atoms with E-state index in [-0.39, 0.29) is 0 Å². The van der Waals surface area contributed by atoms with Crippen molar-refractivity contribution in [1.82, 2.24) is 20.0 Å². The molecule has 2 aromatic heterocycles. The van der Waals surface area contributed by atoms with E-state index in [1.165, 1.54) is 0 Å². The number of carbonyl (C=O) groups excluding carboxylic acids is 1. The van der Waals surface area contributed by atoms with Gasteiger partial charge in [0.2, 0.25) is 0 Å². The summed E-state index contributed by atoms with van der Waals surface area (Å²) in [4.78, 5) is 18.3. The van der Waals surface area contributed by atoms with Crippen LogP contribution in [0.25, 0.3) is 16.7 Å². The fourth-order valence-electron chi connectivity index (χ4n) is 8.44. The van der Waals surface area contributed by atoms with Crippen molar-refractivity contribution < 1.29 is 4.79 Å². The number of fused-ring (bicyclic) bond motifs is 1. The Morgan fingerprint density at radius 2 is 1.02 bits per heavy atom. The number of allylic oxidation sites excluding steroid dienone is 1. The van der Waals surface area contributed by atoms with E-state index in [1.54, 1.807) is 12.1 Å². The summed E-state index contributed by atoms with van der Waals surface area (Å²) >= 11 is -1.32. The van der Waals surface area contributed by atoms with Crippen LogP contribution in [-0.4, -0.2) is 42.0 Å². The van der Waals surface area contributed by atoms with Crippen LogP contribution in [0.15, 0.2) is 218 Å². The van der Waals surface area contributed by atoms with Crippen molar-refractivity contribution in [3.63, 3.8) is 0 Å². The Morgan fingerprint density at radius 1 is 0.567 bits per heavy atom. The van der Waals surface area contributed by atoms with E-state index in [0.717, 1.165) is 49.7 Å². The van der Waals surface area contributed by atoms with Crippen LogP contribution >= 0.6 is 0 Å². The molecule has 286 valence electrons. The zero-order valence-corrected chi connectivity index (χ0v) is 34.6. The summed E-state index contributed by atoms with van der Waals surface area (Å²) in [5.74, 6) is 0. The minimum atomic E-state index is -1.32.